The molecule has 0 fully saturated rings. The molecular formula is C17H24N6OS. The van der Waals surface area contributed by atoms with Crippen LogP contribution >= 0.6 is 11.3 Å². The summed E-state index contributed by atoms with van der Waals surface area (Å²) in [5.41, 5.74) is 13.4. The molecule has 134 valence electrons. The minimum Gasteiger partial charge on any atom is -0.375 e. The van der Waals surface area contributed by atoms with Crippen molar-refractivity contribution >= 4 is 28.5 Å². The standard InChI is InChI=1S/C17H24N6OS/c1-11(13-7-4-3-5-8-13)22-17(24)23-15(18)20-10-6-9-14-12(2)21-16(19)25-14/h3-5,7-8,11H,6,9-10H2,1-2H3,(H2,19,21)(H4,18,20,22,23,24)/t11-/m1/s1. The summed E-state index contributed by atoms with van der Waals surface area (Å²) < 4.78 is 0. The lowest BCUT2D eigenvalue weighted by Crippen LogP contribution is -2.44. The summed E-state index contributed by atoms with van der Waals surface area (Å²) in [6.07, 6.45) is 1.65. The van der Waals surface area contributed by atoms with Crippen LogP contribution in [0.5, 0.6) is 0 Å². The normalized spacial score (nSPS) is 12.6. The molecule has 0 aliphatic carbocycles. The highest BCUT2D eigenvalue weighted by atomic mass is 32.1. The quantitative estimate of drug-likeness (QED) is 0.359. The Kier molecular flexibility index (Phi) is 6.76. The van der Waals surface area contributed by atoms with Crippen molar-refractivity contribution in [3.8, 4) is 0 Å². The molecule has 1 aromatic carbocycles. The Balaban J connectivity index is 1.73. The average molecular weight is 360 g/mol. The highest BCUT2D eigenvalue weighted by Crippen LogP contribution is 2.20. The minimum atomic E-state index is -0.372. The summed E-state index contributed by atoms with van der Waals surface area (Å²) in [6.45, 7) is 4.38. The Bertz CT molecular complexity index is 728. The fourth-order valence-corrected chi connectivity index (χ4v) is 3.21. The predicted molar refractivity (Wildman–Crippen MR) is 103 cm³/mol. The van der Waals surface area contributed by atoms with E-state index in [2.05, 4.69) is 20.6 Å². The summed E-state index contributed by atoms with van der Waals surface area (Å²) in [5, 5.41) is 5.95. The number of hydrogen-bond donors (Lipinski definition) is 4. The molecule has 6 N–H and O–H groups in total. The van der Waals surface area contributed by atoms with Crippen LogP contribution in [0, 0.1) is 6.92 Å². The number of carbonyl (C=O) groups is 1. The van der Waals surface area contributed by atoms with Crippen molar-refractivity contribution in [1.29, 1.82) is 0 Å². The number of urea groups is 1. The number of benzene rings is 1. The first-order valence-corrected chi connectivity index (χ1v) is 8.91. The van der Waals surface area contributed by atoms with E-state index in [1.165, 1.54) is 11.3 Å². The zero-order valence-corrected chi connectivity index (χ0v) is 15.3. The number of nitrogens with one attached hydrogen (secondary N) is 2. The fourth-order valence-electron chi connectivity index (χ4n) is 2.34. The second-order valence-corrected chi connectivity index (χ2v) is 6.78. The molecule has 0 radical (unpaired) electrons. The Hall–Kier alpha value is -2.61. The number of rotatable bonds is 6. The first kappa shape index (κ1) is 18.7. The van der Waals surface area contributed by atoms with Gasteiger partial charge < -0.3 is 16.8 Å². The van der Waals surface area contributed by atoms with E-state index in [1.54, 1.807) is 0 Å². The first-order valence-electron chi connectivity index (χ1n) is 8.10. The number of nitrogens with zero attached hydrogens (tertiary/aromatic N) is 2. The third-order valence-corrected chi connectivity index (χ3v) is 4.69. The Labute approximate surface area is 151 Å². The molecule has 0 unspecified atom stereocenters. The lowest BCUT2D eigenvalue weighted by atomic mass is 10.1. The van der Waals surface area contributed by atoms with Gasteiger partial charge in [-0.25, -0.2) is 9.78 Å². The average Bonchev–Trinajstić information content (AvgIpc) is 2.89. The van der Waals surface area contributed by atoms with E-state index in [1.807, 2.05) is 44.2 Å². The first-order chi connectivity index (χ1) is 12.0. The van der Waals surface area contributed by atoms with Crippen LogP contribution < -0.4 is 22.1 Å². The maximum atomic E-state index is 11.9. The number of aliphatic imine (C=N–C) groups is 1. The molecule has 0 saturated carbocycles. The number of nitrogen functional groups attached to an aromatic ring is 1. The molecule has 2 amide bonds. The van der Waals surface area contributed by atoms with Gasteiger partial charge in [0.25, 0.3) is 0 Å². The van der Waals surface area contributed by atoms with Crippen LogP contribution in [0.4, 0.5) is 9.93 Å². The van der Waals surface area contributed by atoms with E-state index in [0.29, 0.717) is 11.7 Å². The van der Waals surface area contributed by atoms with Crippen molar-refractivity contribution in [1.82, 2.24) is 15.6 Å². The second-order valence-electron chi connectivity index (χ2n) is 5.66. The van der Waals surface area contributed by atoms with Crippen LogP contribution in [0.25, 0.3) is 0 Å². The number of aromatic nitrogens is 1. The predicted octanol–water partition coefficient (Wildman–Crippen LogP) is 2.34. The zero-order chi connectivity index (χ0) is 18.2. The van der Waals surface area contributed by atoms with Gasteiger partial charge >= 0.3 is 6.03 Å². The molecule has 0 aliphatic heterocycles. The molecular weight excluding hydrogens is 336 g/mol. The zero-order valence-electron chi connectivity index (χ0n) is 14.5. The van der Waals surface area contributed by atoms with Crippen LogP contribution in [-0.4, -0.2) is 23.5 Å². The van der Waals surface area contributed by atoms with Gasteiger partial charge in [0.2, 0.25) is 0 Å². The van der Waals surface area contributed by atoms with Gasteiger partial charge in [0.1, 0.15) is 0 Å². The number of aryl methyl sites for hydroxylation is 2. The van der Waals surface area contributed by atoms with Gasteiger partial charge in [-0.3, -0.25) is 10.3 Å². The van der Waals surface area contributed by atoms with Crippen molar-refractivity contribution in [2.24, 2.45) is 10.7 Å². The maximum Gasteiger partial charge on any atom is 0.322 e. The van der Waals surface area contributed by atoms with Gasteiger partial charge in [0, 0.05) is 11.4 Å². The number of carbonyl (C=O) groups excluding carboxylic acids is 1. The molecule has 1 aromatic heterocycles. The molecule has 7 nitrogen and oxygen atoms in total. The van der Waals surface area contributed by atoms with Crippen LogP contribution in [0.1, 0.15) is 35.5 Å². The van der Waals surface area contributed by atoms with Crippen LogP contribution in [0.15, 0.2) is 35.3 Å². The molecule has 8 heteroatoms. The van der Waals surface area contributed by atoms with Crippen LogP contribution in [0.3, 0.4) is 0 Å². The molecule has 2 aromatic rings. The van der Waals surface area contributed by atoms with Gasteiger partial charge in [-0.2, -0.15) is 0 Å². The molecule has 0 spiro atoms. The van der Waals surface area contributed by atoms with E-state index < -0.39 is 0 Å². The lowest BCUT2D eigenvalue weighted by molar-refractivity contribution is 0.242. The number of amides is 2. The molecule has 0 bridgehead atoms. The monoisotopic (exact) mass is 360 g/mol. The molecule has 25 heavy (non-hydrogen) atoms. The topological polar surface area (TPSA) is 118 Å². The molecule has 2 rings (SSSR count). The Morgan fingerprint density at radius 1 is 1.36 bits per heavy atom. The molecule has 1 heterocycles. The van der Waals surface area contributed by atoms with Crippen molar-refractivity contribution in [2.75, 3.05) is 12.3 Å². The Morgan fingerprint density at radius 2 is 2.08 bits per heavy atom. The van der Waals surface area contributed by atoms with E-state index in [9.17, 15) is 4.79 Å². The van der Waals surface area contributed by atoms with Crippen LogP contribution in [0.2, 0.25) is 0 Å². The summed E-state index contributed by atoms with van der Waals surface area (Å²) in [6, 6.07) is 9.22. The Morgan fingerprint density at radius 3 is 2.72 bits per heavy atom. The number of hydrogen-bond acceptors (Lipinski definition) is 5. The van der Waals surface area contributed by atoms with Gasteiger partial charge in [-0.05, 0) is 32.3 Å². The third-order valence-electron chi connectivity index (χ3n) is 3.64. The van der Waals surface area contributed by atoms with E-state index in [0.717, 1.165) is 29.0 Å². The third kappa shape index (κ3) is 6.07. The van der Waals surface area contributed by atoms with E-state index in [4.69, 9.17) is 11.5 Å². The van der Waals surface area contributed by atoms with Gasteiger partial charge in [-0.1, -0.05) is 30.3 Å². The van der Waals surface area contributed by atoms with Crippen molar-refractivity contribution in [3.63, 3.8) is 0 Å². The number of guanidine groups is 1. The van der Waals surface area contributed by atoms with Gasteiger partial charge in [0.15, 0.2) is 11.1 Å². The van der Waals surface area contributed by atoms with E-state index >= 15 is 0 Å². The number of nitrogens with two attached hydrogens (primary N) is 2. The van der Waals surface area contributed by atoms with Crippen molar-refractivity contribution in [3.05, 3.63) is 46.5 Å². The lowest BCUT2D eigenvalue weighted by Gasteiger charge is -2.14. The summed E-state index contributed by atoms with van der Waals surface area (Å²) >= 11 is 1.50. The highest BCUT2D eigenvalue weighted by Gasteiger charge is 2.09. The SMILES string of the molecule is Cc1nc(N)sc1CCCN=C(N)NC(=O)N[C@H](C)c1ccccc1. The number of anilines is 1. The molecule has 0 saturated heterocycles. The smallest absolute Gasteiger partial charge is 0.322 e. The summed E-state index contributed by atoms with van der Waals surface area (Å²) in [7, 11) is 0. The fraction of sp³-hybridized carbons (Fsp3) is 0.353. The minimum absolute atomic E-state index is 0.110. The molecule has 1 atom stereocenters. The highest BCUT2D eigenvalue weighted by molar-refractivity contribution is 7.15. The largest absolute Gasteiger partial charge is 0.375 e. The maximum absolute atomic E-state index is 11.9. The van der Waals surface area contributed by atoms with Gasteiger partial charge in [0.05, 0.1) is 11.7 Å². The number of thiazole rings is 1. The van der Waals surface area contributed by atoms with Crippen molar-refractivity contribution in [2.45, 2.75) is 32.7 Å². The van der Waals surface area contributed by atoms with E-state index in [-0.39, 0.29) is 18.0 Å². The van der Waals surface area contributed by atoms with Crippen LogP contribution in [-0.2, 0) is 6.42 Å². The summed E-state index contributed by atoms with van der Waals surface area (Å²) in [4.78, 5) is 21.5. The van der Waals surface area contributed by atoms with Gasteiger partial charge in [-0.15, -0.1) is 11.3 Å². The summed E-state index contributed by atoms with van der Waals surface area (Å²) in [5.74, 6) is 0.110. The van der Waals surface area contributed by atoms with Crippen molar-refractivity contribution < 1.29 is 4.79 Å². The second kappa shape index (κ2) is 9.03. The molecule has 0 aliphatic rings.